The molecule has 1 amide bonds. The van der Waals surface area contributed by atoms with Crippen molar-refractivity contribution in [2.45, 2.75) is 32.2 Å². The van der Waals surface area contributed by atoms with Gasteiger partial charge in [-0.25, -0.2) is 4.79 Å². The number of benzene rings is 1. The van der Waals surface area contributed by atoms with Crippen molar-refractivity contribution in [2.75, 3.05) is 5.32 Å². The van der Waals surface area contributed by atoms with E-state index >= 15 is 0 Å². The number of H-pyrrole nitrogens is 1. The third-order valence-electron chi connectivity index (χ3n) is 4.23. The lowest BCUT2D eigenvalue weighted by Crippen LogP contribution is -2.44. The average Bonchev–Trinajstić information content (AvgIpc) is 2.92. The summed E-state index contributed by atoms with van der Waals surface area (Å²) >= 11 is 0. The minimum Gasteiger partial charge on any atom is -0.408 e. The number of carbonyl (C=O) groups is 1. The average molecular weight is 275 g/mol. The summed E-state index contributed by atoms with van der Waals surface area (Å²) in [4.78, 5) is 26.1. The van der Waals surface area contributed by atoms with Crippen LogP contribution in [0.25, 0.3) is 11.1 Å². The molecule has 0 radical (unpaired) electrons. The highest BCUT2D eigenvalue weighted by Gasteiger charge is 2.42. The number of amides is 1. The summed E-state index contributed by atoms with van der Waals surface area (Å²) in [5.74, 6) is -0.582. The van der Waals surface area contributed by atoms with Gasteiger partial charge < -0.3 is 15.5 Å². The molecule has 1 aromatic carbocycles. The van der Waals surface area contributed by atoms with Gasteiger partial charge in [0.1, 0.15) is 0 Å². The summed E-state index contributed by atoms with van der Waals surface area (Å²) in [5.41, 5.74) is 7.17. The number of anilines is 1. The van der Waals surface area contributed by atoms with Crippen LogP contribution < -0.4 is 16.8 Å². The van der Waals surface area contributed by atoms with Crippen molar-refractivity contribution in [3.8, 4) is 0 Å². The summed E-state index contributed by atoms with van der Waals surface area (Å²) in [6.07, 6.45) is 2.64. The SMILES string of the molecule is CC1(C(=O)Nc2ccc3oc(=O)[nH]c3c2)CCCC1N. The Hall–Kier alpha value is -2.08. The van der Waals surface area contributed by atoms with Crippen LogP contribution in [0.1, 0.15) is 26.2 Å². The number of oxazole rings is 1. The van der Waals surface area contributed by atoms with Crippen LogP contribution in [0.4, 0.5) is 5.69 Å². The molecule has 0 spiro atoms. The number of aromatic amines is 1. The van der Waals surface area contributed by atoms with E-state index in [4.69, 9.17) is 10.2 Å². The van der Waals surface area contributed by atoms with Gasteiger partial charge in [0.25, 0.3) is 0 Å². The van der Waals surface area contributed by atoms with Crippen molar-refractivity contribution in [1.29, 1.82) is 0 Å². The molecule has 1 fully saturated rings. The van der Waals surface area contributed by atoms with Crippen LogP contribution in [0, 0.1) is 5.41 Å². The molecule has 0 bridgehead atoms. The highest BCUT2D eigenvalue weighted by Crippen LogP contribution is 2.37. The molecule has 6 heteroatoms. The maximum atomic E-state index is 12.4. The predicted molar refractivity (Wildman–Crippen MR) is 75.4 cm³/mol. The van der Waals surface area contributed by atoms with E-state index < -0.39 is 11.2 Å². The first kappa shape index (κ1) is 12.9. The van der Waals surface area contributed by atoms with Gasteiger partial charge in [-0.3, -0.25) is 9.78 Å². The molecule has 0 saturated heterocycles. The van der Waals surface area contributed by atoms with E-state index in [-0.39, 0.29) is 11.9 Å². The second-order valence-corrected chi connectivity index (χ2v) is 5.60. The second-order valence-electron chi connectivity index (χ2n) is 5.60. The first-order valence-corrected chi connectivity index (χ1v) is 6.69. The van der Waals surface area contributed by atoms with E-state index in [1.54, 1.807) is 18.2 Å². The van der Waals surface area contributed by atoms with Crippen molar-refractivity contribution in [3.63, 3.8) is 0 Å². The Morgan fingerprint density at radius 2 is 2.35 bits per heavy atom. The maximum absolute atomic E-state index is 12.4. The number of aromatic nitrogens is 1. The molecule has 1 aliphatic carbocycles. The Labute approximate surface area is 115 Å². The molecule has 2 atom stereocenters. The highest BCUT2D eigenvalue weighted by atomic mass is 16.4. The van der Waals surface area contributed by atoms with Gasteiger partial charge in [0.2, 0.25) is 5.91 Å². The highest BCUT2D eigenvalue weighted by molar-refractivity contribution is 5.97. The zero-order chi connectivity index (χ0) is 14.3. The Balaban J connectivity index is 1.85. The van der Waals surface area contributed by atoms with E-state index in [2.05, 4.69) is 10.3 Å². The zero-order valence-electron chi connectivity index (χ0n) is 11.2. The quantitative estimate of drug-likeness (QED) is 0.774. The Kier molecular flexibility index (Phi) is 2.90. The fraction of sp³-hybridized carbons (Fsp3) is 0.429. The number of nitrogens with one attached hydrogen (secondary N) is 2. The van der Waals surface area contributed by atoms with Gasteiger partial charge in [0, 0.05) is 11.7 Å². The van der Waals surface area contributed by atoms with E-state index in [9.17, 15) is 9.59 Å². The molecule has 3 rings (SSSR count). The topological polar surface area (TPSA) is 101 Å². The minimum atomic E-state index is -0.529. The third kappa shape index (κ3) is 2.02. The summed E-state index contributed by atoms with van der Waals surface area (Å²) in [6, 6.07) is 4.93. The molecule has 1 aliphatic rings. The van der Waals surface area contributed by atoms with Gasteiger partial charge in [-0.15, -0.1) is 0 Å². The summed E-state index contributed by atoms with van der Waals surface area (Å²) in [6.45, 7) is 1.90. The van der Waals surface area contributed by atoms with Gasteiger partial charge in [-0.2, -0.15) is 0 Å². The first-order chi connectivity index (χ1) is 9.49. The van der Waals surface area contributed by atoms with Crippen LogP contribution in [0.5, 0.6) is 0 Å². The van der Waals surface area contributed by atoms with Crippen molar-refractivity contribution in [3.05, 3.63) is 28.7 Å². The molecular weight excluding hydrogens is 258 g/mol. The van der Waals surface area contributed by atoms with Crippen molar-refractivity contribution < 1.29 is 9.21 Å². The first-order valence-electron chi connectivity index (χ1n) is 6.69. The van der Waals surface area contributed by atoms with Crippen molar-refractivity contribution >= 4 is 22.7 Å². The van der Waals surface area contributed by atoms with Gasteiger partial charge >= 0.3 is 5.76 Å². The molecular formula is C14H17N3O3. The summed E-state index contributed by atoms with van der Waals surface area (Å²) < 4.78 is 4.92. The number of hydrogen-bond acceptors (Lipinski definition) is 4. The van der Waals surface area contributed by atoms with Gasteiger partial charge in [-0.1, -0.05) is 6.42 Å². The Morgan fingerprint density at radius 1 is 1.55 bits per heavy atom. The molecule has 4 N–H and O–H groups in total. The largest absolute Gasteiger partial charge is 0.417 e. The molecule has 20 heavy (non-hydrogen) atoms. The van der Waals surface area contributed by atoms with Gasteiger partial charge in [0.15, 0.2) is 5.58 Å². The molecule has 2 aromatic rings. The molecule has 1 saturated carbocycles. The van der Waals surface area contributed by atoms with Gasteiger partial charge in [-0.05, 0) is 38.0 Å². The maximum Gasteiger partial charge on any atom is 0.417 e. The summed E-state index contributed by atoms with van der Waals surface area (Å²) in [5, 5.41) is 2.87. The number of rotatable bonds is 2. The van der Waals surface area contributed by atoms with Crippen LogP contribution in [0.2, 0.25) is 0 Å². The number of fused-ring (bicyclic) bond motifs is 1. The van der Waals surface area contributed by atoms with Crippen molar-refractivity contribution in [2.24, 2.45) is 11.1 Å². The van der Waals surface area contributed by atoms with Crippen LogP contribution in [0.3, 0.4) is 0 Å². The third-order valence-corrected chi connectivity index (χ3v) is 4.23. The lowest BCUT2D eigenvalue weighted by molar-refractivity contribution is -0.125. The Morgan fingerprint density at radius 3 is 3.05 bits per heavy atom. The predicted octanol–water partition coefficient (Wildman–Crippen LogP) is 1.58. The monoisotopic (exact) mass is 275 g/mol. The van der Waals surface area contributed by atoms with E-state index in [1.807, 2.05) is 6.92 Å². The molecule has 106 valence electrons. The smallest absolute Gasteiger partial charge is 0.408 e. The number of hydrogen-bond donors (Lipinski definition) is 3. The standard InChI is InChI=1S/C14H17N3O3/c1-14(6-2-3-11(14)15)12(18)16-8-4-5-10-9(7-8)17-13(19)20-10/h4-5,7,11H,2-3,6,15H2,1H3,(H,16,18)(H,17,19). The van der Waals surface area contributed by atoms with Crippen LogP contribution in [0.15, 0.2) is 27.4 Å². The van der Waals surface area contributed by atoms with Crippen LogP contribution >= 0.6 is 0 Å². The molecule has 0 aliphatic heterocycles. The van der Waals surface area contributed by atoms with E-state index in [0.717, 1.165) is 19.3 Å². The van der Waals surface area contributed by atoms with E-state index in [0.29, 0.717) is 16.8 Å². The number of nitrogens with two attached hydrogens (primary N) is 1. The van der Waals surface area contributed by atoms with Crippen LogP contribution in [-0.4, -0.2) is 16.9 Å². The normalized spacial score (nSPS) is 26.0. The second kappa shape index (κ2) is 4.49. The Bertz CT molecular complexity index is 718. The molecule has 1 heterocycles. The molecule has 1 aromatic heterocycles. The fourth-order valence-corrected chi connectivity index (χ4v) is 2.78. The lowest BCUT2D eigenvalue weighted by Gasteiger charge is -2.27. The lowest BCUT2D eigenvalue weighted by atomic mass is 9.84. The molecule has 6 nitrogen and oxygen atoms in total. The molecule has 2 unspecified atom stereocenters. The van der Waals surface area contributed by atoms with Crippen molar-refractivity contribution in [1.82, 2.24) is 4.98 Å². The minimum absolute atomic E-state index is 0.0762. The van der Waals surface area contributed by atoms with E-state index in [1.165, 1.54) is 0 Å². The van der Waals surface area contributed by atoms with Crippen LogP contribution in [-0.2, 0) is 4.79 Å². The number of carbonyl (C=O) groups excluding carboxylic acids is 1. The fourth-order valence-electron chi connectivity index (χ4n) is 2.78. The zero-order valence-corrected chi connectivity index (χ0v) is 11.2. The summed E-state index contributed by atoms with van der Waals surface area (Å²) in [7, 11) is 0. The van der Waals surface area contributed by atoms with Gasteiger partial charge in [0.05, 0.1) is 10.9 Å².